The molecule has 0 spiro atoms. The average Bonchev–Trinajstić information content (AvgIpc) is 3.83. The molecule has 2 aliphatic rings. The number of benzene rings is 7. The second-order valence-electron chi connectivity index (χ2n) is 17.8. The van der Waals surface area contributed by atoms with Crippen LogP contribution < -0.4 is 15.7 Å². The summed E-state index contributed by atoms with van der Waals surface area (Å²) in [5.41, 5.74) is 17.5. The number of hydrogen-bond acceptors (Lipinski definition) is 3. The van der Waals surface area contributed by atoms with E-state index < -0.39 is 0 Å². The zero-order valence-electron chi connectivity index (χ0n) is 31.9. The van der Waals surface area contributed by atoms with E-state index in [1.807, 2.05) is 6.07 Å². The second-order valence-corrected chi connectivity index (χ2v) is 17.8. The van der Waals surface area contributed by atoms with Crippen molar-refractivity contribution in [3.05, 3.63) is 139 Å². The lowest BCUT2D eigenvalue weighted by Gasteiger charge is -2.42. The third-order valence-electron chi connectivity index (χ3n) is 12.5. The fourth-order valence-corrected chi connectivity index (χ4v) is 9.70. The molecule has 3 aromatic heterocycles. The van der Waals surface area contributed by atoms with E-state index in [9.17, 15) is 0 Å². The summed E-state index contributed by atoms with van der Waals surface area (Å²) >= 11 is 0. The fourth-order valence-electron chi connectivity index (χ4n) is 9.70. The molecule has 0 radical (unpaired) electrons. The lowest BCUT2D eigenvalue weighted by atomic mass is 9.43. The Hall–Kier alpha value is -6.20. The van der Waals surface area contributed by atoms with Gasteiger partial charge in [0.1, 0.15) is 22.3 Å². The third-order valence-corrected chi connectivity index (χ3v) is 12.5. The first kappa shape index (κ1) is 31.2. The monoisotopic (exact) mass is 710 g/mol. The highest BCUT2D eigenvalue weighted by atomic mass is 16.3. The molecule has 0 unspecified atom stereocenters. The van der Waals surface area contributed by atoms with Crippen LogP contribution in [0.5, 0.6) is 0 Å². The number of aromatic nitrogens is 1. The SMILES string of the molecule is CC(C)(C)c1ccc(N2B3c4cc(C(C)(C)C)ccc4-n4c5cc6c(cc5c5ccc(c3c54)-c3cc4oc5ccccc5c4cc32)oc2ccccc26)cc1. The molecule has 5 heteroatoms. The molecular weight excluding hydrogens is 671 g/mol. The van der Waals surface area contributed by atoms with Crippen molar-refractivity contribution < 1.29 is 8.83 Å². The Bertz CT molecular complexity index is 3290. The van der Waals surface area contributed by atoms with Gasteiger partial charge in [0.05, 0.1) is 11.0 Å². The Morgan fingerprint density at radius 3 is 1.80 bits per heavy atom. The number of nitrogens with zero attached hydrogens (tertiary/aromatic N) is 2. The van der Waals surface area contributed by atoms with Gasteiger partial charge in [-0.3, -0.25) is 0 Å². The molecule has 5 heterocycles. The van der Waals surface area contributed by atoms with Gasteiger partial charge < -0.3 is 18.2 Å². The van der Waals surface area contributed by atoms with Gasteiger partial charge in [0, 0.05) is 54.9 Å². The Balaban J connectivity index is 1.25. The number of anilines is 2. The van der Waals surface area contributed by atoms with Crippen LogP contribution in [0.2, 0.25) is 0 Å². The molecule has 55 heavy (non-hydrogen) atoms. The van der Waals surface area contributed by atoms with E-state index in [0.717, 1.165) is 43.9 Å². The highest BCUT2D eigenvalue weighted by molar-refractivity contribution is 6.93. The predicted molar refractivity (Wildman–Crippen MR) is 232 cm³/mol. The van der Waals surface area contributed by atoms with Crippen molar-refractivity contribution in [2.24, 2.45) is 0 Å². The first-order valence-electron chi connectivity index (χ1n) is 19.5. The van der Waals surface area contributed by atoms with E-state index in [-0.39, 0.29) is 17.7 Å². The highest BCUT2D eigenvalue weighted by Gasteiger charge is 2.44. The maximum absolute atomic E-state index is 6.57. The van der Waals surface area contributed by atoms with Gasteiger partial charge in [-0.25, -0.2) is 0 Å². The standard InChI is InChI=1S/C50H39BN2O2/c1-49(2,3)28-15-18-30(19-16-28)53-42-25-38-32-12-8-10-14-44(32)54-45(38)26-35(42)33-20-21-34-36-27-46-37(31-11-7-9-13-43(31)55-46)24-41(36)52-40-22-17-29(50(4,5)6)23-39(40)51(53)47(33)48(34)52/h7-27H,1-6H3. The summed E-state index contributed by atoms with van der Waals surface area (Å²) in [6.45, 7) is 13.8. The smallest absolute Gasteiger partial charge is 0.333 e. The Morgan fingerprint density at radius 1 is 0.473 bits per heavy atom. The van der Waals surface area contributed by atoms with Crippen molar-refractivity contribution in [2.75, 3.05) is 4.81 Å². The Morgan fingerprint density at radius 2 is 1.11 bits per heavy atom. The average molecular weight is 711 g/mol. The topological polar surface area (TPSA) is 34.5 Å². The summed E-state index contributed by atoms with van der Waals surface area (Å²) in [7, 11) is 0. The van der Waals surface area contributed by atoms with E-state index >= 15 is 0 Å². The summed E-state index contributed by atoms with van der Waals surface area (Å²) in [6, 6.07) is 47.4. The largest absolute Gasteiger partial charge is 0.456 e. The molecule has 0 saturated carbocycles. The van der Waals surface area contributed by atoms with Crippen molar-refractivity contribution in [3.63, 3.8) is 0 Å². The summed E-state index contributed by atoms with van der Waals surface area (Å²) in [6.07, 6.45) is 0. The number of rotatable bonds is 1. The van der Waals surface area contributed by atoms with Crippen LogP contribution in [0.3, 0.4) is 0 Å². The van der Waals surface area contributed by atoms with Gasteiger partial charge in [-0.15, -0.1) is 0 Å². The number of para-hydroxylation sites is 2. The van der Waals surface area contributed by atoms with Gasteiger partial charge in [-0.05, 0) is 93.0 Å². The van der Waals surface area contributed by atoms with Crippen LogP contribution in [0.15, 0.2) is 136 Å². The van der Waals surface area contributed by atoms with Crippen molar-refractivity contribution in [2.45, 2.75) is 52.4 Å². The lowest BCUT2D eigenvalue weighted by Crippen LogP contribution is -2.60. The number of hydrogen-bond donors (Lipinski definition) is 0. The molecule has 0 fully saturated rings. The van der Waals surface area contributed by atoms with E-state index in [1.54, 1.807) is 0 Å². The van der Waals surface area contributed by atoms with E-state index in [0.29, 0.717) is 0 Å². The lowest BCUT2D eigenvalue weighted by molar-refractivity contribution is 0.590. The van der Waals surface area contributed by atoms with Gasteiger partial charge >= 0.3 is 6.85 Å². The first-order chi connectivity index (χ1) is 26.5. The molecule has 0 aliphatic carbocycles. The van der Waals surface area contributed by atoms with Crippen molar-refractivity contribution >= 4 is 94.8 Å². The van der Waals surface area contributed by atoms with Crippen LogP contribution in [0.1, 0.15) is 52.7 Å². The first-order valence-corrected chi connectivity index (χ1v) is 19.5. The molecule has 0 atom stereocenters. The molecule has 264 valence electrons. The Kier molecular flexibility index (Phi) is 5.84. The zero-order chi connectivity index (χ0) is 37.1. The van der Waals surface area contributed by atoms with E-state index in [4.69, 9.17) is 8.83 Å². The normalized spacial score (nSPS) is 13.9. The maximum Gasteiger partial charge on any atom is 0.333 e. The summed E-state index contributed by atoms with van der Waals surface area (Å²) in [4.78, 5) is 2.62. The van der Waals surface area contributed by atoms with Gasteiger partial charge in [0.25, 0.3) is 0 Å². The molecule has 4 nitrogen and oxygen atoms in total. The minimum Gasteiger partial charge on any atom is -0.456 e. The van der Waals surface area contributed by atoms with Crippen molar-refractivity contribution in [1.82, 2.24) is 4.57 Å². The minimum absolute atomic E-state index is 0.0294. The predicted octanol–water partition coefficient (Wildman–Crippen LogP) is 12.4. The quantitative estimate of drug-likeness (QED) is 0.159. The molecule has 0 N–H and O–H groups in total. The van der Waals surface area contributed by atoms with Gasteiger partial charge in [-0.2, -0.15) is 0 Å². The molecule has 0 saturated heterocycles. The van der Waals surface area contributed by atoms with Gasteiger partial charge in [-0.1, -0.05) is 114 Å². The molecule has 10 aromatic rings. The van der Waals surface area contributed by atoms with Gasteiger partial charge in [0.2, 0.25) is 0 Å². The number of furan rings is 2. The van der Waals surface area contributed by atoms with Crippen LogP contribution in [0.25, 0.3) is 82.5 Å². The van der Waals surface area contributed by atoms with E-state index in [1.165, 1.54) is 72.0 Å². The second kappa shape index (κ2) is 10.3. The molecule has 0 bridgehead atoms. The fraction of sp³-hybridized carbons (Fsp3) is 0.160. The molecular formula is C50H39BN2O2. The number of fused-ring (bicyclic) bond motifs is 14. The van der Waals surface area contributed by atoms with Crippen LogP contribution in [-0.2, 0) is 10.8 Å². The molecule has 2 aliphatic heterocycles. The minimum atomic E-state index is -0.0692. The van der Waals surface area contributed by atoms with Crippen molar-refractivity contribution in [3.8, 4) is 16.8 Å². The summed E-state index contributed by atoms with van der Waals surface area (Å²) in [5, 5.41) is 7.01. The van der Waals surface area contributed by atoms with Crippen LogP contribution >= 0.6 is 0 Å². The highest BCUT2D eigenvalue weighted by Crippen LogP contribution is 2.48. The summed E-state index contributed by atoms with van der Waals surface area (Å²) < 4.78 is 15.6. The van der Waals surface area contributed by atoms with Crippen molar-refractivity contribution in [1.29, 1.82) is 0 Å². The van der Waals surface area contributed by atoms with Crippen LogP contribution in [0.4, 0.5) is 11.4 Å². The molecule has 12 rings (SSSR count). The van der Waals surface area contributed by atoms with Crippen LogP contribution in [-0.4, -0.2) is 11.4 Å². The summed E-state index contributed by atoms with van der Waals surface area (Å²) in [5.74, 6) is 0. The third kappa shape index (κ3) is 4.13. The Labute approximate surface area is 319 Å². The van der Waals surface area contributed by atoms with Gasteiger partial charge in [0.15, 0.2) is 0 Å². The van der Waals surface area contributed by atoms with Crippen LogP contribution in [0, 0.1) is 0 Å². The van der Waals surface area contributed by atoms with E-state index in [2.05, 4.69) is 172 Å². The zero-order valence-corrected chi connectivity index (χ0v) is 31.9. The molecule has 0 amide bonds. The molecule has 7 aromatic carbocycles. The maximum atomic E-state index is 6.57.